The van der Waals surface area contributed by atoms with Crippen LogP contribution in [0.5, 0.6) is 0 Å². The minimum Gasteiger partial charge on any atom is -0.480 e. The molecule has 0 spiro atoms. The average molecular weight is 266 g/mol. The van der Waals surface area contributed by atoms with Gasteiger partial charge in [0.25, 0.3) is 0 Å². The fraction of sp³-hybridized carbons (Fsp3) is 0.714. The molecule has 1 aliphatic heterocycles. The Balaban J connectivity index is 2.14. The van der Waals surface area contributed by atoms with E-state index in [1.807, 2.05) is 13.0 Å². The van der Waals surface area contributed by atoms with Gasteiger partial charge in [0.1, 0.15) is 6.04 Å². The van der Waals surface area contributed by atoms with E-state index in [1.165, 1.54) is 0 Å². The van der Waals surface area contributed by atoms with Crippen LogP contribution >= 0.6 is 0 Å². The smallest absolute Gasteiger partial charge is 0.326 e. The molecule has 0 bridgehead atoms. The maximum atomic E-state index is 12.6. The Morgan fingerprint density at radius 3 is 2.89 bits per heavy atom. The van der Waals surface area contributed by atoms with Gasteiger partial charge < -0.3 is 15.7 Å². The Kier molecular flexibility index (Phi) is 4.24. The minimum absolute atomic E-state index is 0.0195. The molecule has 0 radical (unpaired) electrons. The zero-order valence-electron chi connectivity index (χ0n) is 11.3. The number of rotatable bonds is 3. The molecule has 106 valence electrons. The predicted molar refractivity (Wildman–Crippen MR) is 71.4 cm³/mol. The van der Waals surface area contributed by atoms with Crippen LogP contribution in [-0.2, 0) is 9.59 Å². The first-order valence-electron chi connectivity index (χ1n) is 6.96. The van der Waals surface area contributed by atoms with Gasteiger partial charge in [-0.05, 0) is 31.6 Å². The number of hydrogen-bond acceptors (Lipinski definition) is 3. The van der Waals surface area contributed by atoms with E-state index in [0.717, 1.165) is 24.8 Å². The number of carbonyl (C=O) groups is 2. The summed E-state index contributed by atoms with van der Waals surface area (Å²) in [6, 6.07) is -0.651. The van der Waals surface area contributed by atoms with Gasteiger partial charge in [0, 0.05) is 13.1 Å². The molecule has 1 heterocycles. The molecule has 0 aromatic heterocycles. The van der Waals surface area contributed by atoms with Crippen LogP contribution in [0.3, 0.4) is 0 Å². The lowest BCUT2D eigenvalue weighted by atomic mass is 10.00. The van der Waals surface area contributed by atoms with Gasteiger partial charge in [-0.3, -0.25) is 4.79 Å². The number of nitrogens with two attached hydrogens (primary N) is 1. The number of nitrogens with zero attached hydrogens (tertiary/aromatic N) is 1. The zero-order chi connectivity index (χ0) is 14.0. The Morgan fingerprint density at radius 2 is 2.26 bits per heavy atom. The number of carbonyl (C=O) groups excluding carboxylic acids is 1. The van der Waals surface area contributed by atoms with E-state index < -0.39 is 12.0 Å². The molecule has 1 amide bonds. The number of carboxylic acids is 1. The van der Waals surface area contributed by atoms with Gasteiger partial charge in [0.2, 0.25) is 5.91 Å². The van der Waals surface area contributed by atoms with Crippen molar-refractivity contribution in [2.24, 2.45) is 17.6 Å². The third kappa shape index (κ3) is 2.81. The van der Waals surface area contributed by atoms with E-state index in [-0.39, 0.29) is 17.7 Å². The second-order valence-electron chi connectivity index (χ2n) is 5.65. The molecule has 2 fully saturated rings. The quantitative estimate of drug-likeness (QED) is 0.746. The predicted octanol–water partition coefficient (Wildman–Crippen LogP) is 0.993. The van der Waals surface area contributed by atoms with Gasteiger partial charge >= 0.3 is 5.97 Å². The van der Waals surface area contributed by atoms with Gasteiger partial charge in [-0.15, -0.1) is 0 Å². The summed E-state index contributed by atoms with van der Waals surface area (Å²) in [5, 5.41) is 9.23. The van der Waals surface area contributed by atoms with E-state index in [4.69, 9.17) is 5.73 Å². The van der Waals surface area contributed by atoms with Crippen LogP contribution in [0, 0.1) is 11.8 Å². The lowest BCUT2D eigenvalue weighted by Crippen LogP contribution is -2.43. The standard InChI is InChI=1S/C14H22N2O3/c1-9-7-12(14(18)19)16(8-9)13(17)11-4-2-3-10(11)5-6-15/h5,9,11-12H,2-4,6-8,15H2,1H3,(H,18,19)/b10-5+/t9-,11?,12+/m1/s1. The molecule has 0 aromatic carbocycles. The maximum absolute atomic E-state index is 12.6. The molecular weight excluding hydrogens is 244 g/mol. The molecule has 3 atom stereocenters. The lowest BCUT2D eigenvalue weighted by molar-refractivity contribution is -0.149. The van der Waals surface area contributed by atoms with Crippen molar-refractivity contribution in [1.29, 1.82) is 0 Å². The van der Waals surface area contributed by atoms with E-state index in [2.05, 4.69) is 0 Å². The summed E-state index contributed by atoms with van der Waals surface area (Å²) < 4.78 is 0. The van der Waals surface area contributed by atoms with Crippen molar-refractivity contribution < 1.29 is 14.7 Å². The summed E-state index contributed by atoms with van der Waals surface area (Å²) >= 11 is 0. The highest BCUT2D eigenvalue weighted by Gasteiger charge is 2.41. The summed E-state index contributed by atoms with van der Waals surface area (Å²) in [5.41, 5.74) is 6.62. The first kappa shape index (κ1) is 14.1. The fourth-order valence-electron chi connectivity index (χ4n) is 3.27. The molecule has 3 N–H and O–H groups in total. The lowest BCUT2D eigenvalue weighted by Gasteiger charge is -2.25. The summed E-state index contributed by atoms with van der Waals surface area (Å²) in [7, 11) is 0. The van der Waals surface area contributed by atoms with Crippen LogP contribution in [0.2, 0.25) is 0 Å². The number of amides is 1. The Bertz CT molecular complexity index is 405. The molecule has 1 saturated heterocycles. The van der Waals surface area contributed by atoms with Crippen LogP contribution < -0.4 is 5.73 Å². The summed E-state index contributed by atoms with van der Waals surface area (Å²) in [6.07, 6.45) is 5.20. The Labute approximate surface area is 113 Å². The van der Waals surface area contributed by atoms with Gasteiger partial charge in [0.15, 0.2) is 0 Å². The van der Waals surface area contributed by atoms with E-state index in [0.29, 0.717) is 19.5 Å². The van der Waals surface area contributed by atoms with Crippen LogP contribution in [0.1, 0.15) is 32.6 Å². The number of hydrogen-bond donors (Lipinski definition) is 2. The molecule has 5 heteroatoms. The first-order chi connectivity index (χ1) is 9.04. The van der Waals surface area contributed by atoms with Gasteiger partial charge in [-0.1, -0.05) is 18.6 Å². The third-order valence-electron chi connectivity index (χ3n) is 4.16. The highest BCUT2D eigenvalue weighted by atomic mass is 16.4. The number of carboxylic acid groups (broad SMARTS) is 1. The largest absolute Gasteiger partial charge is 0.480 e. The van der Waals surface area contributed by atoms with Gasteiger partial charge in [-0.2, -0.15) is 0 Å². The second-order valence-corrected chi connectivity index (χ2v) is 5.65. The SMILES string of the molecule is C[C@@H]1C[C@@H](C(=O)O)N(C(=O)C2CCC/C2=C\CN)C1. The molecule has 0 aromatic rings. The Morgan fingerprint density at radius 1 is 1.53 bits per heavy atom. The molecule has 5 nitrogen and oxygen atoms in total. The highest BCUT2D eigenvalue weighted by molar-refractivity contribution is 5.87. The highest BCUT2D eigenvalue weighted by Crippen LogP contribution is 2.35. The van der Waals surface area contributed by atoms with Crippen LogP contribution in [0.15, 0.2) is 11.6 Å². The van der Waals surface area contributed by atoms with Crippen molar-refractivity contribution in [3.05, 3.63) is 11.6 Å². The molecule has 2 rings (SSSR count). The first-order valence-corrected chi connectivity index (χ1v) is 6.96. The summed E-state index contributed by atoms with van der Waals surface area (Å²) in [5.74, 6) is -0.793. The van der Waals surface area contributed by atoms with E-state index >= 15 is 0 Å². The third-order valence-corrected chi connectivity index (χ3v) is 4.16. The van der Waals surface area contributed by atoms with E-state index in [1.54, 1.807) is 4.90 Å². The monoisotopic (exact) mass is 266 g/mol. The van der Waals surface area contributed by atoms with Crippen molar-refractivity contribution in [1.82, 2.24) is 4.90 Å². The molecule has 19 heavy (non-hydrogen) atoms. The van der Waals surface area contributed by atoms with Crippen molar-refractivity contribution in [3.8, 4) is 0 Å². The molecule has 2 aliphatic rings. The van der Waals surface area contributed by atoms with Crippen LogP contribution in [0.4, 0.5) is 0 Å². The molecule has 1 saturated carbocycles. The van der Waals surface area contributed by atoms with Crippen molar-refractivity contribution in [2.45, 2.75) is 38.6 Å². The van der Waals surface area contributed by atoms with Gasteiger partial charge in [-0.25, -0.2) is 4.79 Å². The van der Waals surface area contributed by atoms with Gasteiger partial charge in [0.05, 0.1) is 5.92 Å². The fourth-order valence-corrected chi connectivity index (χ4v) is 3.27. The van der Waals surface area contributed by atoms with Crippen molar-refractivity contribution in [3.63, 3.8) is 0 Å². The molecule has 1 aliphatic carbocycles. The van der Waals surface area contributed by atoms with Crippen LogP contribution in [-0.4, -0.2) is 41.0 Å². The second kappa shape index (κ2) is 5.74. The minimum atomic E-state index is -0.889. The van der Waals surface area contributed by atoms with Crippen molar-refractivity contribution >= 4 is 11.9 Å². The number of aliphatic carboxylic acids is 1. The topological polar surface area (TPSA) is 83.6 Å². The van der Waals surface area contributed by atoms with E-state index in [9.17, 15) is 14.7 Å². The Hall–Kier alpha value is -1.36. The van der Waals surface area contributed by atoms with Crippen molar-refractivity contribution in [2.75, 3.05) is 13.1 Å². The van der Waals surface area contributed by atoms with Crippen LogP contribution in [0.25, 0.3) is 0 Å². The normalized spacial score (nSPS) is 33.1. The maximum Gasteiger partial charge on any atom is 0.326 e. The summed E-state index contributed by atoms with van der Waals surface area (Å²) in [6.45, 7) is 2.99. The summed E-state index contributed by atoms with van der Waals surface area (Å²) in [4.78, 5) is 25.4. The molecular formula is C14H22N2O3. The average Bonchev–Trinajstić information content (AvgIpc) is 2.95. The molecule has 1 unspecified atom stereocenters. The zero-order valence-corrected chi connectivity index (χ0v) is 11.3. The number of likely N-dealkylation sites (tertiary alicyclic amines) is 1.